The van der Waals surface area contributed by atoms with Gasteiger partial charge in [0.05, 0.1) is 0 Å². The molecule has 0 amide bonds. The largest absolute Gasteiger partial charge is 0.507 e. The third kappa shape index (κ3) is 4.45. The maximum atomic E-state index is 10.1. The maximum absolute atomic E-state index is 10.1. The number of rotatable bonds is 2. The van der Waals surface area contributed by atoms with E-state index in [1.165, 1.54) is 12.1 Å². The second kappa shape index (κ2) is 6.17. The first kappa shape index (κ1) is 12.7. The molecule has 1 aromatic carbocycles. The molecule has 3 nitrogen and oxygen atoms in total. The fraction of sp³-hybridized carbons (Fsp3) is 0. The van der Waals surface area contributed by atoms with Crippen molar-refractivity contribution in [2.75, 3.05) is 0 Å². The van der Waals surface area contributed by atoms with E-state index >= 15 is 0 Å². The van der Waals surface area contributed by atoms with Crippen molar-refractivity contribution < 1.29 is 59.1 Å². The van der Waals surface area contributed by atoms with Crippen molar-refractivity contribution in [2.45, 2.75) is 0 Å². The maximum Gasteiger partial charge on any atom is 0.328 e. The first-order chi connectivity index (χ1) is 5.70. The number of aromatic hydroxyl groups is 1. The monoisotopic (exact) mass is 391 g/mol. The molecule has 0 aliphatic rings. The van der Waals surface area contributed by atoms with Crippen LogP contribution in [0.4, 0.5) is 0 Å². The summed E-state index contributed by atoms with van der Waals surface area (Å²) in [6.45, 7) is 0. The van der Waals surface area contributed by atoms with Gasteiger partial charge in [0.25, 0.3) is 0 Å². The van der Waals surface area contributed by atoms with Crippen LogP contribution in [0.1, 0.15) is 5.56 Å². The Morgan fingerprint density at radius 3 is 2.46 bits per heavy atom. The van der Waals surface area contributed by atoms with Crippen LogP contribution in [0.15, 0.2) is 30.3 Å². The number of hydrogen-bond acceptors (Lipinski definition) is 2. The van der Waals surface area contributed by atoms with Crippen LogP contribution in [0.25, 0.3) is 6.08 Å². The summed E-state index contributed by atoms with van der Waals surface area (Å²) in [5.74, 6) is -0.951. The van der Waals surface area contributed by atoms with Crippen LogP contribution >= 0.6 is 0 Å². The second-order valence-corrected chi connectivity index (χ2v) is 2.23. The van der Waals surface area contributed by atoms with E-state index in [0.717, 1.165) is 6.08 Å². The Morgan fingerprint density at radius 2 is 1.92 bits per heavy atom. The fourth-order valence-electron chi connectivity index (χ4n) is 0.790. The Labute approximate surface area is 112 Å². The quantitative estimate of drug-likeness (QED) is 0.752. The van der Waals surface area contributed by atoms with Gasteiger partial charge < -0.3 is 10.2 Å². The molecule has 0 aromatic heterocycles. The van der Waals surface area contributed by atoms with E-state index in [-0.39, 0.29) is 49.8 Å². The average molecular weight is 391 g/mol. The molecule has 0 heterocycles. The number of phenols is 1. The molecule has 0 bridgehead atoms. The predicted molar refractivity (Wildman–Crippen MR) is 44.8 cm³/mol. The summed E-state index contributed by atoms with van der Waals surface area (Å²) >= 11 is 0. The van der Waals surface area contributed by atoms with Crippen LogP contribution in [0.3, 0.4) is 0 Å². The molecule has 2 N–H and O–H groups in total. The van der Waals surface area contributed by atoms with Crippen LogP contribution in [0.2, 0.25) is 0 Å². The zero-order chi connectivity index (χ0) is 8.97. The van der Waals surface area contributed by atoms with E-state index in [1.54, 1.807) is 18.2 Å². The van der Waals surface area contributed by atoms with E-state index < -0.39 is 5.97 Å². The summed E-state index contributed by atoms with van der Waals surface area (Å²) in [6, 6.07) is 6.53. The molecule has 65 valence electrons. The summed E-state index contributed by atoms with van der Waals surface area (Å²) in [5.41, 5.74) is 0.500. The molecule has 0 saturated heterocycles. The zero-order valence-corrected chi connectivity index (χ0v) is 11.6. The molecule has 13 heavy (non-hydrogen) atoms. The molecule has 0 fully saturated rings. The molecule has 0 saturated carbocycles. The van der Waals surface area contributed by atoms with Crippen LogP contribution in [-0.4, -0.2) is 16.2 Å². The Morgan fingerprint density at radius 1 is 1.31 bits per heavy atom. The Kier molecular flexibility index (Phi) is 6.02. The normalized spacial score (nSPS) is 9.54. The van der Waals surface area contributed by atoms with Gasteiger partial charge in [-0.05, 0) is 12.1 Å². The Bertz CT molecular complexity index is 320. The molecule has 0 aliphatic heterocycles. The Balaban J connectivity index is 0.00000144. The number of phenolic OH excluding ortho intramolecular Hbond substituents is 1. The number of carboxylic acid groups (broad SMARTS) is 1. The number of benzene rings is 1. The van der Waals surface area contributed by atoms with Gasteiger partial charge in [-0.3, -0.25) is 0 Å². The molecule has 1 radical (unpaired) electrons. The van der Waals surface area contributed by atoms with Gasteiger partial charge in [-0.25, -0.2) is 4.79 Å². The first-order valence-corrected chi connectivity index (χ1v) is 3.39. The van der Waals surface area contributed by atoms with Gasteiger partial charge in [0, 0.05) is 55.7 Å². The molecule has 1 aromatic rings. The minimum atomic E-state index is -1.03. The summed E-state index contributed by atoms with van der Waals surface area (Å²) in [4.78, 5) is 10.1. The third-order valence-corrected chi connectivity index (χ3v) is 1.34. The van der Waals surface area contributed by atoms with Crippen molar-refractivity contribution in [2.24, 2.45) is 0 Å². The minimum Gasteiger partial charge on any atom is -0.507 e. The van der Waals surface area contributed by atoms with E-state index in [0.29, 0.717) is 5.56 Å². The van der Waals surface area contributed by atoms with Crippen LogP contribution in [0.5, 0.6) is 5.75 Å². The Hall–Kier alpha value is -0.328. The average Bonchev–Trinajstić information content (AvgIpc) is 2.03. The van der Waals surface area contributed by atoms with Gasteiger partial charge in [0.2, 0.25) is 0 Å². The van der Waals surface area contributed by atoms with E-state index in [4.69, 9.17) is 5.11 Å². The first-order valence-electron chi connectivity index (χ1n) is 3.39. The topological polar surface area (TPSA) is 57.5 Å². The molecule has 4 heteroatoms. The number of hydrogen-bond donors (Lipinski definition) is 2. The summed E-state index contributed by atoms with van der Waals surface area (Å²) < 4.78 is 0. The van der Waals surface area contributed by atoms with Crippen molar-refractivity contribution in [3.63, 3.8) is 0 Å². The molecule has 0 unspecified atom stereocenters. The second-order valence-electron chi connectivity index (χ2n) is 2.23. The number of para-hydroxylation sites is 1. The van der Waals surface area contributed by atoms with E-state index in [9.17, 15) is 9.90 Å². The zero-order valence-electron chi connectivity index (χ0n) is 6.84. The van der Waals surface area contributed by atoms with Gasteiger partial charge in [0.1, 0.15) is 5.75 Å². The van der Waals surface area contributed by atoms with Crippen LogP contribution in [-0.2, 0) is 4.79 Å². The minimum absolute atomic E-state index is 0. The standard InChI is InChI=1S/C9H8O3.Ac/c10-8-4-2-1-3-7(8)5-6-9(11)12;/h1-6,10H,(H,11,12);/b6-5+;. The van der Waals surface area contributed by atoms with Gasteiger partial charge >= 0.3 is 5.97 Å². The third-order valence-electron chi connectivity index (χ3n) is 1.34. The smallest absolute Gasteiger partial charge is 0.328 e. The summed E-state index contributed by atoms with van der Waals surface area (Å²) in [6.07, 6.45) is 2.33. The summed E-state index contributed by atoms with van der Waals surface area (Å²) in [5, 5.41) is 17.5. The van der Waals surface area contributed by atoms with Gasteiger partial charge in [0.15, 0.2) is 0 Å². The summed E-state index contributed by atoms with van der Waals surface area (Å²) in [7, 11) is 0. The number of carboxylic acids is 1. The molecule has 1 rings (SSSR count). The van der Waals surface area contributed by atoms with Crippen molar-refractivity contribution in [3.8, 4) is 5.75 Å². The van der Waals surface area contributed by atoms with E-state index in [1.807, 2.05) is 0 Å². The molecule has 0 spiro atoms. The number of aliphatic carboxylic acids is 1. The SMILES string of the molecule is O=C(O)/C=C/c1ccccc1O.[Ac]. The van der Waals surface area contributed by atoms with Crippen LogP contribution in [0, 0.1) is 44.1 Å². The molecule has 0 aliphatic carbocycles. The molecule has 0 atom stereocenters. The van der Waals surface area contributed by atoms with Crippen molar-refractivity contribution >= 4 is 12.0 Å². The van der Waals surface area contributed by atoms with Gasteiger partial charge in [-0.2, -0.15) is 0 Å². The molecular weight excluding hydrogens is 383 g/mol. The van der Waals surface area contributed by atoms with Crippen molar-refractivity contribution in [3.05, 3.63) is 35.9 Å². The van der Waals surface area contributed by atoms with Crippen molar-refractivity contribution in [1.82, 2.24) is 0 Å². The van der Waals surface area contributed by atoms with Gasteiger partial charge in [-0.1, -0.05) is 18.2 Å². The van der Waals surface area contributed by atoms with Gasteiger partial charge in [-0.15, -0.1) is 0 Å². The fourth-order valence-corrected chi connectivity index (χ4v) is 0.790. The van der Waals surface area contributed by atoms with Crippen molar-refractivity contribution in [1.29, 1.82) is 0 Å². The predicted octanol–water partition coefficient (Wildman–Crippen LogP) is 1.49. The van der Waals surface area contributed by atoms with Crippen LogP contribution < -0.4 is 0 Å². The number of carbonyl (C=O) groups is 1. The van der Waals surface area contributed by atoms with E-state index in [2.05, 4.69) is 0 Å². The molecular formula is C9H8AcO3.